The molecule has 2 aromatic rings. The quantitative estimate of drug-likeness (QED) is 0.0623. The van der Waals surface area contributed by atoms with Crippen LogP contribution in [0.15, 0.2) is 29.4 Å². The Bertz CT molecular complexity index is 1380. The minimum Gasteiger partial charge on any atom is -0.493 e. The number of ether oxygens (including phenoxy) is 9. The van der Waals surface area contributed by atoms with Gasteiger partial charge in [-0.25, -0.2) is 5.84 Å². The lowest BCUT2D eigenvalue weighted by atomic mass is 9.66. The molecular formula is C33H46N4O12. The second kappa shape index (κ2) is 19.7. The van der Waals surface area contributed by atoms with Gasteiger partial charge in [0.15, 0.2) is 23.0 Å². The summed E-state index contributed by atoms with van der Waals surface area (Å²) in [5.74, 6) is 6.73. The van der Waals surface area contributed by atoms with Gasteiger partial charge in [0, 0.05) is 23.9 Å². The second-order valence-corrected chi connectivity index (χ2v) is 10.9. The second-order valence-electron chi connectivity index (χ2n) is 10.9. The van der Waals surface area contributed by atoms with Gasteiger partial charge in [0.25, 0.3) is 0 Å². The average Bonchev–Trinajstić information content (AvgIpc) is 3.81. The predicted octanol–water partition coefficient (Wildman–Crippen LogP) is 1.14. The molecule has 0 fully saturated rings. The fourth-order valence-corrected chi connectivity index (χ4v) is 5.69. The van der Waals surface area contributed by atoms with Gasteiger partial charge in [-0.15, -0.1) is 0 Å². The number of carbonyl (C=O) groups is 2. The molecule has 3 aliphatic rings. The molecular weight excluding hydrogens is 644 g/mol. The largest absolute Gasteiger partial charge is 0.493 e. The third-order valence-corrected chi connectivity index (χ3v) is 7.99. The van der Waals surface area contributed by atoms with E-state index in [1.54, 1.807) is 21.3 Å². The normalized spacial score (nSPS) is 18.2. The standard InChI is InChI=1S/C22H21NO7.C11H25N3O5/c1-25-18-4-11(5-19(26-2)22(18)27-3)20-12-6-16-17(29-10-28-16)7-13(12)21-15(9-30-23-21)14(20)8-24;12-2-4-17-6-8-19-10-9-18-7-5-16-3-1-11(15)14-13/h4-8,14-15,20H,9-10H2,1-3H3;1-10,12-13H2,(H,14,15)/t14-,15?,20+;/m0./s1. The first-order valence-corrected chi connectivity index (χ1v) is 15.9. The van der Waals surface area contributed by atoms with Gasteiger partial charge in [0.05, 0.1) is 92.2 Å². The van der Waals surface area contributed by atoms with E-state index in [1.165, 1.54) is 0 Å². The summed E-state index contributed by atoms with van der Waals surface area (Å²) in [5.41, 5.74) is 10.7. The highest BCUT2D eigenvalue weighted by atomic mass is 16.7. The van der Waals surface area contributed by atoms with Gasteiger partial charge < -0.3 is 58.0 Å². The first kappa shape index (κ1) is 37.6. The van der Waals surface area contributed by atoms with Crippen LogP contribution in [0.2, 0.25) is 0 Å². The van der Waals surface area contributed by atoms with E-state index in [-0.39, 0.29) is 36.9 Å². The summed E-state index contributed by atoms with van der Waals surface area (Å²) in [6, 6.07) is 7.62. The number of benzene rings is 2. The number of fused-ring (bicyclic) bond motifs is 4. The number of nitrogens with zero attached hydrogens (tertiary/aromatic N) is 1. The van der Waals surface area contributed by atoms with Crippen molar-refractivity contribution in [2.75, 3.05) is 94.1 Å². The summed E-state index contributed by atoms with van der Waals surface area (Å²) in [5, 5.41) is 4.24. The molecule has 5 N–H and O–H groups in total. The van der Waals surface area contributed by atoms with Crippen LogP contribution >= 0.6 is 0 Å². The smallest absolute Gasteiger partial charge is 0.236 e. The van der Waals surface area contributed by atoms with Crippen LogP contribution in [0.4, 0.5) is 0 Å². The maximum Gasteiger partial charge on any atom is 0.236 e. The number of hydrogen-bond donors (Lipinski definition) is 3. The highest BCUT2D eigenvalue weighted by molar-refractivity contribution is 6.07. The molecule has 0 saturated heterocycles. The molecule has 2 heterocycles. The van der Waals surface area contributed by atoms with Gasteiger partial charge in [-0.1, -0.05) is 5.16 Å². The number of amides is 1. The predicted molar refractivity (Wildman–Crippen MR) is 175 cm³/mol. The molecule has 270 valence electrons. The molecule has 49 heavy (non-hydrogen) atoms. The van der Waals surface area contributed by atoms with Crippen molar-refractivity contribution in [1.29, 1.82) is 0 Å². The Morgan fingerprint density at radius 2 is 1.47 bits per heavy atom. The van der Waals surface area contributed by atoms with Crippen molar-refractivity contribution in [2.24, 2.45) is 28.6 Å². The van der Waals surface area contributed by atoms with Gasteiger partial charge in [-0.05, 0) is 35.4 Å². The van der Waals surface area contributed by atoms with Crippen molar-refractivity contribution < 1.29 is 57.1 Å². The topological polar surface area (TPSA) is 203 Å². The van der Waals surface area contributed by atoms with Crippen LogP contribution in [-0.4, -0.2) is 112 Å². The molecule has 5 rings (SSSR count). The zero-order valence-corrected chi connectivity index (χ0v) is 28.1. The van der Waals surface area contributed by atoms with Crippen molar-refractivity contribution in [1.82, 2.24) is 5.43 Å². The Labute approximate surface area is 285 Å². The number of nitrogens with one attached hydrogen (secondary N) is 1. The van der Waals surface area contributed by atoms with Crippen LogP contribution in [-0.2, 0) is 33.4 Å². The fraction of sp³-hybridized carbons (Fsp3) is 0.545. The van der Waals surface area contributed by atoms with Gasteiger partial charge in [0.1, 0.15) is 12.9 Å². The van der Waals surface area contributed by atoms with Crippen molar-refractivity contribution >= 4 is 17.9 Å². The number of methoxy groups -OCH3 is 3. The monoisotopic (exact) mass is 690 g/mol. The molecule has 2 aliphatic heterocycles. The van der Waals surface area contributed by atoms with Crippen LogP contribution in [0.25, 0.3) is 0 Å². The van der Waals surface area contributed by atoms with E-state index in [0.717, 1.165) is 28.7 Å². The molecule has 1 aliphatic carbocycles. The summed E-state index contributed by atoms with van der Waals surface area (Å²) >= 11 is 0. The van der Waals surface area contributed by atoms with E-state index in [4.69, 9.17) is 59.0 Å². The SMILES string of the molecule is COc1cc([C@@H]2c3cc4c(cc3C3=NOCC3[C@@H]2C=O)OCO4)cc(OC)c1OC.NCCOCCOCCOCCOCCC(=O)NN. The molecule has 3 atom stereocenters. The van der Waals surface area contributed by atoms with Crippen molar-refractivity contribution in [2.45, 2.75) is 12.3 Å². The van der Waals surface area contributed by atoms with Crippen LogP contribution < -0.4 is 40.7 Å². The highest BCUT2D eigenvalue weighted by Gasteiger charge is 2.46. The van der Waals surface area contributed by atoms with Gasteiger partial charge in [0.2, 0.25) is 18.4 Å². The number of hydrogen-bond acceptors (Lipinski definition) is 15. The third kappa shape index (κ3) is 9.71. The number of carbonyl (C=O) groups excluding carboxylic acids is 2. The van der Waals surface area contributed by atoms with E-state index in [2.05, 4.69) is 5.16 Å². The number of oxime groups is 1. The lowest BCUT2D eigenvalue weighted by Crippen LogP contribution is -2.36. The van der Waals surface area contributed by atoms with E-state index < -0.39 is 0 Å². The van der Waals surface area contributed by atoms with E-state index in [0.29, 0.717) is 94.8 Å². The molecule has 16 heteroatoms. The Kier molecular flexibility index (Phi) is 15.1. The summed E-state index contributed by atoms with van der Waals surface area (Å²) in [6.45, 7) is 4.94. The van der Waals surface area contributed by atoms with Crippen molar-refractivity contribution in [3.8, 4) is 28.7 Å². The lowest BCUT2D eigenvalue weighted by Gasteiger charge is -2.35. The summed E-state index contributed by atoms with van der Waals surface area (Å²) in [7, 11) is 4.70. The summed E-state index contributed by atoms with van der Waals surface area (Å²) < 4.78 is 48.5. The van der Waals surface area contributed by atoms with E-state index >= 15 is 0 Å². The lowest BCUT2D eigenvalue weighted by molar-refractivity contribution is -0.122. The Balaban J connectivity index is 0.000000249. The van der Waals surface area contributed by atoms with E-state index in [9.17, 15) is 9.59 Å². The minimum absolute atomic E-state index is 0.153. The Morgan fingerprint density at radius 1 is 0.878 bits per heavy atom. The zero-order chi connectivity index (χ0) is 35.0. The number of nitrogens with two attached hydrogens (primary N) is 2. The van der Waals surface area contributed by atoms with Gasteiger partial charge in [-0.3, -0.25) is 10.2 Å². The highest BCUT2D eigenvalue weighted by Crippen LogP contribution is 2.51. The molecule has 0 spiro atoms. The molecule has 1 unspecified atom stereocenters. The zero-order valence-electron chi connectivity index (χ0n) is 28.1. The van der Waals surface area contributed by atoms with Gasteiger partial charge >= 0.3 is 0 Å². The molecule has 0 saturated carbocycles. The Hall–Kier alpha value is -4.19. The number of rotatable bonds is 19. The molecule has 1 amide bonds. The minimum atomic E-state index is -0.373. The number of aldehydes is 1. The first-order chi connectivity index (χ1) is 24.0. The molecule has 16 nitrogen and oxygen atoms in total. The maximum absolute atomic E-state index is 12.3. The average molecular weight is 691 g/mol. The molecule has 0 bridgehead atoms. The number of hydrazine groups is 1. The van der Waals surface area contributed by atoms with Crippen LogP contribution in [0.1, 0.15) is 29.0 Å². The van der Waals surface area contributed by atoms with Crippen LogP contribution in [0.3, 0.4) is 0 Å². The molecule has 0 radical (unpaired) electrons. The molecule has 0 aromatic heterocycles. The van der Waals surface area contributed by atoms with Crippen molar-refractivity contribution in [3.63, 3.8) is 0 Å². The first-order valence-electron chi connectivity index (χ1n) is 15.9. The van der Waals surface area contributed by atoms with Gasteiger partial charge in [-0.2, -0.15) is 0 Å². The fourth-order valence-electron chi connectivity index (χ4n) is 5.69. The van der Waals surface area contributed by atoms with Crippen LogP contribution in [0.5, 0.6) is 28.7 Å². The Morgan fingerprint density at radius 3 is 2.02 bits per heavy atom. The third-order valence-electron chi connectivity index (χ3n) is 7.99. The van der Waals surface area contributed by atoms with Crippen molar-refractivity contribution in [3.05, 3.63) is 41.0 Å². The molecule has 2 aromatic carbocycles. The summed E-state index contributed by atoms with van der Waals surface area (Å²) in [6.07, 6.45) is 1.23. The van der Waals surface area contributed by atoms with Crippen LogP contribution in [0, 0.1) is 11.8 Å². The van der Waals surface area contributed by atoms with E-state index in [1.807, 2.05) is 29.7 Å². The maximum atomic E-state index is 12.3. The summed E-state index contributed by atoms with van der Waals surface area (Å²) in [4.78, 5) is 28.4.